The number of benzene rings is 3. The van der Waals surface area contributed by atoms with E-state index in [1.54, 1.807) is 0 Å². The zero-order chi connectivity index (χ0) is 24.6. The Balaban J connectivity index is 1.19. The second kappa shape index (κ2) is 9.43. The van der Waals surface area contributed by atoms with Crippen LogP contribution in [0, 0.1) is 11.8 Å². The zero-order valence-corrected chi connectivity index (χ0v) is 20.6. The second-order valence-corrected chi connectivity index (χ2v) is 10.5. The summed E-state index contributed by atoms with van der Waals surface area (Å²) in [5.41, 5.74) is 4.85. The molecule has 0 radical (unpaired) electrons. The van der Waals surface area contributed by atoms with E-state index in [0.717, 1.165) is 29.1 Å². The lowest BCUT2D eigenvalue weighted by atomic mass is 9.85. The minimum absolute atomic E-state index is 0.0207. The molecule has 6 rings (SSSR count). The highest BCUT2D eigenvalue weighted by Crippen LogP contribution is 2.39. The first-order valence-corrected chi connectivity index (χ1v) is 13.3. The van der Waals surface area contributed by atoms with Crippen molar-refractivity contribution < 1.29 is 14.4 Å². The number of para-hydroxylation sites is 2. The van der Waals surface area contributed by atoms with E-state index in [1.807, 2.05) is 77.7 Å². The van der Waals surface area contributed by atoms with Gasteiger partial charge >= 0.3 is 0 Å². The Labute approximate surface area is 214 Å². The molecule has 2 heterocycles. The van der Waals surface area contributed by atoms with Gasteiger partial charge in [0.2, 0.25) is 17.7 Å². The Morgan fingerprint density at radius 2 is 1.28 bits per heavy atom. The van der Waals surface area contributed by atoms with E-state index in [0.29, 0.717) is 18.5 Å². The molecule has 1 saturated heterocycles. The number of aryl methyl sites for hydroxylation is 2. The van der Waals surface area contributed by atoms with Gasteiger partial charge in [0.05, 0.1) is 34.7 Å². The van der Waals surface area contributed by atoms with Crippen LogP contribution >= 0.6 is 11.8 Å². The zero-order valence-electron chi connectivity index (χ0n) is 19.8. The topological polar surface area (TPSA) is 57.7 Å². The quantitative estimate of drug-likeness (QED) is 0.265. The Hall–Kier alpha value is -3.64. The van der Waals surface area contributed by atoms with Gasteiger partial charge in [0.15, 0.2) is 0 Å². The van der Waals surface area contributed by atoms with Crippen LogP contribution in [-0.2, 0) is 27.2 Å². The number of hydrogen-bond acceptors (Lipinski definition) is 4. The first-order valence-electron chi connectivity index (χ1n) is 12.4. The third-order valence-electron chi connectivity index (χ3n) is 7.34. The maximum atomic E-state index is 13.6. The summed E-state index contributed by atoms with van der Waals surface area (Å²) in [6, 6.07) is 23.6. The van der Waals surface area contributed by atoms with Crippen molar-refractivity contribution >= 4 is 46.5 Å². The van der Waals surface area contributed by atoms with Crippen molar-refractivity contribution in [1.29, 1.82) is 0 Å². The van der Waals surface area contributed by atoms with Crippen LogP contribution in [0.4, 0.5) is 17.1 Å². The minimum Gasteiger partial charge on any atom is -0.280 e. The summed E-state index contributed by atoms with van der Waals surface area (Å²) >= 11 is 1.46. The number of imide groups is 1. The number of carbonyl (C=O) groups is 3. The molecule has 3 aliphatic rings. The number of carbonyl (C=O) groups excluding carboxylic acids is 3. The molecule has 2 atom stereocenters. The molecule has 36 heavy (non-hydrogen) atoms. The average molecular weight is 495 g/mol. The molecule has 6 heteroatoms. The number of fused-ring (bicyclic) bond motifs is 3. The second-order valence-electron chi connectivity index (χ2n) is 9.44. The summed E-state index contributed by atoms with van der Waals surface area (Å²) in [6.45, 7) is 0. The molecule has 0 aromatic heterocycles. The van der Waals surface area contributed by atoms with Crippen molar-refractivity contribution in [2.24, 2.45) is 11.8 Å². The number of nitrogens with zero attached hydrogens (tertiary/aromatic N) is 2. The Bertz CT molecular complexity index is 1310. The Morgan fingerprint density at radius 3 is 1.83 bits per heavy atom. The van der Waals surface area contributed by atoms with Crippen LogP contribution in [0.5, 0.6) is 0 Å². The van der Waals surface area contributed by atoms with Gasteiger partial charge in [-0.05, 0) is 73.2 Å². The van der Waals surface area contributed by atoms with E-state index in [-0.39, 0.29) is 35.3 Å². The number of anilines is 3. The summed E-state index contributed by atoms with van der Waals surface area (Å²) < 4.78 is 0. The highest BCUT2D eigenvalue weighted by molar-refractivity contribution is 8.00. The van der Waals surface area contributed by atoms with E-state index in [1.165, 1.54) is 27.8 Å². The van der Waals surface area contributed by atoms with Gasteiger partial charge in [0.25, 0.3) is 0 Å². The molecular weight excluding hydrogens is 468 g/mol. The molecule has 1 aliphatic carbocycles. The van der Waals surface area contributed by atoms with Gasteiger partial charge in [-0.15, -0.1) is 11.8 Å². The van der Waals surface area contributed by atoms with Crippen molar-refractivity contribution in [3.63, 3.8) is 0 Å². The molecule has 0 saturated carbocycles. The first-order chi connectivity index (χ1) is 17.6. The number of allylic oxidation sites excluding steroid dienone is 2. The van der Waals surface area contributed by atoms with Gasteiger partial charge < -0.3 is 0 Å². The molecule has 3 aromatic carbocycles. The predicted octanol–water partition coefficient (Wildman–Crippen LogP) is 5.70. The Kier molecular flexibility index (Phi) is 5.97. The summed E-state index contributed by atoms with van der Waals surface area (Å²) in [7, 11) is 0. The van der Waals surface area contributed by atoms with Crippen LogP contribution in [0.15, 0.2) is 89.8 Å². The van der Waals surface area contributed by atoms with Gasteiger partial charge in [-0.3, -0.25) is 24.2 Å². The third kappa shape index (κ3) is 3.95. The summed E-state index contributed by atoms with van der Waals surface area (Å²) in [4.78, 5) is 43.4. The number of thioether (sulfide) groups is 1. The lowest BCUT2D eigenvalue weighted by molar-refractivity contribution is -0.122. The Morgan fingerprint density at radius 1 is 0.750 bits per heavy atom. The highest BCUT2D eigenvalue weighted by atomic mass is 32.2. The van der Waals surface area contributed by atoms with Crippen LogP contribution in [0.25, 0.3) is 0 Å². The fourth-order valence-electron chi connectivity index (χ4n) is 5.50. The maximum Gasteiger partial charge on any atom is 0.241 e. The van der Waals surface area contributed by atoms with E-state index in [9.17, 15) is 14.4 Å². The lowest BCUT2D eigenvalue weighted by Crippen LogP contribution is -2.30. The molecule has 0 unspecified atom stereocenters. The number of rotatable bonds is 4. The van der Waals surface area contributed by atoms with Crippen molar-refractivity contribution in [1.82, 2.24) is 0 Å². The fraction of sp³-hybridized carbons (Fsp3) is 0.233. The van der Waals surface area contributed by atoms with E-state index in [2.05, 4.69) is 12.1 Å². The van der Waals surface area contributed by atoms with Gasteiger partial charge in [-0.1, -0.05) is 48.6 Å². The summed E-state index contributed by atoms with van der Waals surface area (Å²) in [5.74, 6) is -0.402. The normalized spacial score (nSPS) is 20.6. The van der Waals surface area contributed by atoms with Crippen LogP contribution in [0.1, 0.15) is 24.0 Å². The number of amides is 3. The van der Waals surface area contributed by atoms with Gasteiger partial charge in [0.1, 0.15) is 0 Å². The van der Waals surface area contributed by atoms with Crippen molar-refractivity contribution in [3.8, 4) is 0 Å². The molecule has 1 fully saturated rings. The molecule has 2 aliphatic heterocycles. The van der Waals surface area contributed by atoms with Gasteiger partial charge in [-0.25, -0.2) is 0 Å². The molecule has 0 N–H and O–H groups in total. The lowest BCUT2D eigenvalue weighted by Gasteiger charge is -2.25. The summed E-state index contributed by atoms with van der Waals surface area (Å²) in [6.07, 6.45) is 7.05. The molecule has 5 nitrogen and oxygen atoms in total. The monoisotopic (exact) mass is 494 g/mol. The highest BCUT2D eigenvalue weighted by Gasteiger charge is 2.47. The standard InChI is InChI=1S/C30H26N2O3S/c33-28(32-26-11-5-1-7-20(26)13-14-21-8-2-6-12-27(21)32)19-36-23-17-15-22(16-18-23)31-29(34)24-9-3-4-10-25(24)30(31)35/h1-8,11-12,15-18,24-25H,9-10,13-14,19H2/t24-,25-/m1/s1. The molecule has 3 amide bonds. The van der Waals surface area contributed by atoms with Gasteiger partial charge in [-0.2, -0.15) is 0 Å². The smallest absolute Gasteiger partial charge is 0.241 e. The van der Waals surface area contributed by atoms with Crippen LogP contribution in [-0.4, -0.2) is 23.5 Å². The molecule has 0 bridgehead atoms. The molecular formula is C30H26N2O3S. The maximum absolute atomic E-state index is 13.6. The third-order valence-corrected chi connectivity index (χ3v) is 8.34. The average Bonchev–Trinajstić information content (AvgIpc) is 3.07. The van der Waals surface area contributed by atoms with Gasteiger partial charge in [0, 0.05) is 4.90 Å². The van der Waals surface area contributed by atoms with Crippen molar-refractivity contribution in [2.45, 2.75) is 30.6 Å². The number of hydrogen-bond donors (Lipinski definition) is 0. The van der Waals surface area contributed by atoms with Crippen LogP contribution in [0.3, 0.4) is 0 Å². The minimum atomic E-state index is -0.242. The largest absolute Gasteiger partial charge is 0.280 e. The molecule has 3 aromatic rings. The van der Waals surface area contributed by atoms with Crippen LogP contribution < -0.4 is 9.80 Å². The van der Waals surface area contributed by atoms with Crippen LogP contribution in [0.2, 0.25) is 0 Å². The predicted molar refractivity (Wildman–Crippen MR) is 142 cm³/mol. The molecule has 180 valence electrons. The van der Waals surface area contributed by atoms with E-state index in [4.69, 9.17) is 0 Å². The SMILES string of the molecule is O=C1[C@@H]2CC=CC[C@H]2C(=O)N1c1ccc(SCC(=O)N2c3ccccc3CCc3ccccc32)cc1. The molecule has 0 spiro atoms. The van der Waals surface area contributed by atoms with E-state index >= 15 is 0 Å². The van der Waals surface area contributed by atoms with Crippen molar-refractivity contribution in [3.05, 3.63) is 96.1 Å². The van der Waals surface area contributed by atoms with E-state index < -0.39 is 0 Å². The van der Waals surface area contributed by atoms with Crippen molar-refractivity contribution in [2.75, 3.05) is 15.6 Å². The summed E-state index contributed by atoms with van der Waals surface area (Å²) in [5, 5.41) is 0. The first kappa shape index (κ1) is 22.8. The fourth-order valence-corrected chi connectivity index (χ4v) is 6.25.